The zero-order chi connectivity index (χ0) is 15.7. The summed E-state index contributed by atoms with van der Waals surface area (Å²) in [5.74, 6) is -0.0320. The molecule has 1 saturated heterocycles. The number of fused-ring (bicyclic) bond motifs is 1. The molecule has 7 heteroatoms. The normalized spacial score (nSPS) is 19.8. The van der Waals surface area contributed by atoms with E-state index >= 15 is 0 Å². The van der Waals surface area contributed by atoms with Crippen LogP contribution in [0.15, 0.2) is 0 Å². The number of piperidine rings is 1. The van der Waals surface area contributed by atoms with Crippen LogP contribution in [-0.2, 0) is 13.0 Å². The molecule has 0 radical (unpaired) electrons. The molecule has 2 aliphatic rings. The van der Waals surface area contributed by atoms with E-state index in [9.17, 15) is 4.79 Å². The highest BCUT2D eigenvalue weighted by Gasteiger charge is 2.29. The Kier molecular flexibility index (Phi) is 5.70. The number of hydrogen-bond donors (Lipinski definition) is 3. The lowest BCUT2D eigenvalue weighted by atomic mass is 9.98. The van der Waals surface area contributed by atoms with Gasteiger partial charge in [0.15, 0.2) is 5.69 Å². The second kappa shape index (κ2) is 7.20. The van der Waals surface area contributed by atoms with E-state index in [2.05, 4.69) is 46.5 Å². The van der Waals surface area contributed by atoms with Crippen LogP contribution in [0.25, 0.3) is 0 Å². The average Bonchev–Trinajstić information content (AvgIpc) is 2.91. The van der Waals surface area contributed by atoms with Crippen LogP contribution in [0.1, 0.15) is 55.4 Å². The van der Waals surface area contributed by atoms with Gasteiger partial charge in [-0.05, 0) is 33.6 Å². The number of rotatable bonds is 2. The number of likely N-dealkylation sites (tertiary alicyclic amines) is 1. The molecule has 0 aromatic carbocycles. The first-order valence-electron chi connectivity index (χ1n) is 8.28. The van der Waals surface area contributed by atoms with Crippen LogP contribution in [0, 0.1) is 0 Å². The molecule has 0 aliphatic carbocycles. The van der Waals surface area contributed by atoms with Gasteiger partial charge in [0.25, 0.3) is 5.91 Å². The fourth-order valence-electron chi connectivity index (χ4n) is 3.36. The number of hydrogen-bond acceptors (Lipinski definition) is 4. The van der Waals surface area contributed by atoms with Gasteiger partial charge in [-0.2, -0.15) is 5.10 Å². The molecule has 1 aromatic heterocycles. The van der Waals surface area contributed by atoms with E-state index in [4.69, 9.17) is 0 Å². The van der Waals surface area contributed by atoms with Crippen molar-refractivity contribution < 1.29 is 4.79 Å². The molecule has 6 nitrogen and oxygen atoms in total. The van der Waals surface area contributed by atoms with Crippen molar-refractivity contribution in [2.24, 2.45) is 0 Å². The Balaban J connectivity index is 0.00000192. The van der Waals surface area contributed by atoms with Crippen molar-refractivity contribution >= 4 is 18.3 Å². The molecular weight excluding hydrogens is 314 g/mol. The highest BCUT2D eigenvalue weighted by Crippen LogP contribution is 2.21. The largest absolute Gasteiger partial charge is 0.348 e. The van der Waals surface area contributed by atoms with Gasteiger partial charge in [0, 0.05) is 55.4 Å². The van der Waals surface area contributed by atoms with Gasteiger partial charge in [0.05, 0.1) is 0 Å². The number of aromatic nitrogens is 2. The number of aromatic amines is 1. The summed E-state index contributed by atoms with van der Waals surface area (Å²) in [6.45, 7) is 10.5. The molecule has 130 valence electrons. The van der Waals surface area contributed by atoms with Crippen molar-refractivity contribution in [1.82, 2.24) is 25.7 Å². The Bertz CT molecular complexity index is 543. The molecule has 0 unspecified atom stereocenters. The summed E-state index contributed by atoms with van der Waals surface area (Å²) in [7, 11) is 0. The molecule has 3 rings (SSSR count). The van der Waals surface area contributed by atoms with E-state index in [1.54, 1.807) is 0 Å². The predicted molar refractivity (Wildman–Crippen MR) is 93.1 cm³/mol. The monoisotopic (exact) mass is 341 g/mol. The summed E-state index contributed by atoms with van der Waals surface area (Å²) in [5, 5.41) is 13.7. The smallest absolute Gasteiger partial charge is 0.272 e. The Morgan fingerprint density at radius 2 is 2.00 bits per heavy atom. The average molecular weight is 342 g/mol. The van der Waals surface area contributed by atoms with E-state index in [0.29, 0.717) is 5.69 Å². The zero-order valence-electron chi connectivity index (χ0n) is 14.2. The Morgan fingerprint density at radius 1 is 1.30 bits per heavy atom. The zero-order valence-corrected chi connectivity index (χ0v) is 15.1. The number of carbonyl (C=O) groups is 1. The van der Waals surface area contributed by atoms with Crippen LogP contribution >= 0.6 is 12.4 Å². The number of amides is 1. The number of carbonyl (C=O) groups excluding carboxylic acids is 1. The number of nitrogens with zero attached hydrogens (tertiary/aromatic N) is 2. The maximum absolute atomic E-state index is 12.5. The standard InChI is InChI=1S/C16H27N5O.ClH/c1-16(2,3)21-8-5-11(6-9-21)18-15(22)14-12-10-17-7-4-13(12)19-20-14;/h11,17H,4-10H2,1-3H3,(H,18,22)(H,19,20);1H. The molecule has 1 fully saturated rings. The van der Waals surface area contributed by atoms with Gasteiger partial charge in [-0.3, -0.25) is 14.8 Å². The Morgan fingerprint density at radius 3 is 2.65 bits per heavy atom. The minimum Gasteiger partial charge on any atom is -0.348 e. The van der Waals surface area contributed by atoms with Gasteiger partial charge in [0.2, 0.25) is 0 Å². The minimum absolute atomic E-state index is 0. The third-order valence-electron chi connectivity index (χ3n) is 4.80. The molecule has 23 heavy (non-hydrogen) atoms. The summed E-state index contributed by atoms with van der Waals surface area (Å²) in [6, 6.07) is 0.259. The van der Waals surface area contributed by atoms with Crippen molar-refractivity contribution in [3.8, 4) is 0 Å². The maximum Gasteiger partial charge on any atom is 0.272 e. The lowest BCUT2D eigenvalue weighted by molar-refractivity contribution is 0.0808. The summed E-state index contributed by atoms with van der Waals surface area (Å²) >= 11 is 0. The molecule has 3 heterocycles. The lowest BCUT2D eigenvalue weighted by Crippen LogP contribution is -2.51. The van der Waals surface area contributed by atoms with Crippen LogP contribution < -0.4 is 10.6 Å². The van der Waals surface area contributed by atoms with Gasteiger partial charge in [-0.15, -0.1) is 12.4 Å². The predicted octanol–water partition coefficient (Wildman–Crippen LogP) is 1.47. The molecule has 3 N–H and O–H groups in total. The first-order chi connectivity index (χ1) is 10.4. The third kappa shape index (κ3) is 4.05. The molecule has 0 bridgehead atoms. The fourth-order valence-corrected chi connectivity index (χ4v) is 3.36. The van der Waals surface area contributed by atoms with Gasteiger partial charge < -0.3 is 10.6 Å². The number of nitrogens with one attached hydrogen (secondary N) is 3. The molecule has 0 saturated carbocycles. The number of H-pyrrole nitrogens is 1. The summed E-state index contributed by atoms with van der Waals surface area (Å²) in [5.41, 5.74) is 2.92. The topological polar surface area (TPSA) is 73.0 Å². The van der Waals surface area contributed by atoms with Crippen LogP contribution in [-0.4, -0.2) is 52.2 Å². The van der Waals surface area contributed by atoms with Gasteiger partial charge in [-0.1, -0.05) is 0 Å². The molecule has 0 spiro atoms. The van der Waals surface area contributed by atoms with Gasteiger partial charge in [-0.25, -0.2) is 0 Å². The summed E-state index contributed by atoms with van der Waals surface area (Å²) < 4.78 is 0. The van der Waals surface area contributed by atoms with Gasteiger partial charge in [0.1, 0.15) is 0 Å². The van der Waals surface area contributed by atoms with Crippen LogP contribution in [0.5, 0.6) is 0 Å². The quantitative estimate of drug-likeness (QED) is 0.761. The maximum atomic E-state index is 12.5. The Hall–Kier alpha value is -1.11. The fraction of sp³-hybridized carbons (Fsp3) is 0.750. The van der Waals surface area contributed by atoms with Crippen LogP contribution in [0.2, 0.25) is 0 Å². The van der Waals surface area contributed by atoms with Crippen molar-refractivity contribution in [3.05, 3.63) is 17.0 Å². The second-order valence-corrected chi connectivity index (χ2v) is 7.36. The summed E-state index contributed by atoms with van der Waals surface area (Å²) in [4.78, 5) is 15.0. The van der Waals surface area contributed by atoms with Crippen molar-refractivity contribution in [1.29, 1.82) is 0 Å². The molecular formula is C16H28ClN5O. The molecule has 2 aliphatic heterocycles. The summed E-state index contributed by atoms with van der Waals surface area (Å²) in [6.07, 6.45) is 2.93. The van der Waals surface area contributed by atoms with E-state index in [-0.39, 0.29) is 29.9 Å². The lowest BCUT2D eigenvalue weighted by Gasteiger charge is -2.41. The highest BCUT2D eigenvalue weighted by molar-refractivity contribution is 5.94. The molecule has 1 amide bonds. The van der Waals surface area contributed by atoms with Crippen LogP contribution in [0.4, 0.5) is 0 Å². The van der Waals surface area contributed by atoms with Crippen molar-refractivity contribution in [2.45, 2.75) is 58.2 Å². The van der Waals surface area contributed by atoms with Gasteiger partial charge >= 0.3 is 0 Å². The SMILES string of the molecule is CC(C)(C)N1CCC(NC(=O)c2n[nH]c3c2CNCC3)CC1.Cl. The first kappa shape index (κ1) is 18.2. The number of halogens is 1. The third-order valence-corrected chi connectivity index (χ3v) is 4.80. The van der Waals surface area contributed by atoms with E-state index in [1.807, 2.05) is 0 Å². The molecule has 1 aromatic rings. The Labute approximate surface area is 144 Å². The minimum atomic E-state index is -0.0320. The highest BCUT2D eigenvalue weighted by atomic mass is 35.5. The van der Waals surface area contributed by atoms with E-state index in [1.165, 1.54) is 0 Å². The van der Waals surface area contributed by atoms with E-state index < -0.39 is 0 Å². The van der Waals surface area contributed by atoms with Crippen molar-refractivity contribution in [3.63, 3.8) is 0 Å². The first-order valence-corrected chi connectivity index (χ1v) is 8.28. The molecule has 0 atom stereocenters. The van der Waals surface area contributed by atoms with Crippen LogP contribution in [0.3, 0.4) is 0 Å². The second-order valence-electron chi connectivity index (χ2n) is 7.36. The van der Waals surface area contributed by atoms with Crippen molar-refractivity contribution in [2.75, 3.05) is 19.6 Å². The van der Waals surface area contributed by atoms with E-state index in [0.717, 1.165) is 56.7 Å².